The van der Waals surface area contributed by atoms with Crippen LogP contribution in [-0.4, -0.2) is 48.1 Å². The number of nitrogens with zero attached hydrogens (tertiary/aromatic N) is 2. The van der Waals surface area contributed by atoms with E-state index in [0.717, 1.165) is 0 Å². The molecule has 1 unspecified atom stereocenters. The van der Waals surface area contributed by atoms with Crippen LogP contribution in [0.4, 0.5) is 10.5 Å². The first-order chi connectivity index (χ1) is 9.91. The molecule has 7 heteroatoms. The Hall–Kier alpha value is -2.57. The Balaban J connectivity index is 2.17. The van der Waals surface area contributed by atoms with Crippen molar-refractivity contribution in [2.45, 2.75) is 6.42 Å². The van der Waals surface area contributed by atoms with Crippen LogP contribution in [-0.2, 0) is 4.79 Å². The highest BCUT2D eigenvalue weighted by molar-refractivity contribution is 6.01. The number of carboxylic acids is 1. The second kappa shape index (κ2) is 5.82. The predicted octanol–water partition coefficient (Wildman–Crippen LogP) is 0.748. The molecule has 1 aromatic carbocycles. The lowest BCUT2D eigenvalue weighted by atomic mass is 10.1. The summed E-state index contributed by atoms with van der Waals surface area (Å²) in [5.41, 5.74) is 5.61. The molecule has 0 aliphatic carbocycles. The van der Waals surface area contributed by atoms with Crippen LogP contribution >= 0.6 is 0 Å². The van der Waals surface area contributed by atoms with Gasteiger partial charge in [0.2, 0.25) is 5.91 Å². The standard InChI is InChI=1S/C14H17N3O4/c1-16(11-5-3-2-4-10(11)13(19)20)14(21)17-7-6-9(8-17)12(15)18/h2-5,9H,6-8H2,1H3,(H2,15,18)(H,19,20). The van der Waals surface area contributed by atoms with Crippen LogP contribution in [0.15, 0.2) is 24.3 Å². The zero-order valence-corrected chi connectivity index (χ0v) is 11.7. The van der Waals surface area contributed by atoms with Crippen molar-refractivity contribution in [3.63, 3.8) is 0 Å². The van der Waals surface area contributed by atoms with Crippen molar-refractivity contribution in [2.24, 2.45) is 11.7 Å². The van der Waals surface area contributed by atoms with Crippen LogP contribution in [0.25, 0.3) is 0 Å². The fraction of sp³-hybridized carbons (Fsp3) is 0.357. The Morgan fingerprint density at radius 3 is 2.57 bits per heavy atom. The van der Waals surface area contributed by atoms with Crippen molar-refractivity contribution in [1.29, 1.82) is 0 Å². The molecule has 1 aliphatic rings. The Kier molecular flexibility index (Phi) is 4.11. The summed E-state index contributed by atoms with van der Waals surface area (Å²) >= 11 is 0. The third kappa shape index (κ3) is 2.96. The van der Waals surface area contributed by atoms with Crippen molar-refractivity contribution in [1.82, 2.24) is 4.90 Å². The van der Waals surface area contributed by atoms with Gasteiger partial charge in [0.1, 0.15) is 0 Å². The summed E-state index contributed by atoms with van der Waals surface area (Å²) in [7, 11) is 1.52. The molecule has 1 heterocycles. The van der Waals surface area contributed by atoms with E-state index in [1.54, 1.807) is 18.2 Å². The van der Waals surface area contributed by atoms with Crippen LogP contribution in [0.3, 0.4) is 0 Å². The molecule has 7 nitrogen and oxygen atoms in total. The minimum absolute atomic E-state index is 0.0546. The number of benzene rings is 1. The van der Waals surface area contributed by atoms with Gasteiger partial charge in [-0.2, -0.15) is 0 Å². The van der Waals surface area contributed by atoms with E-state index >= 15 is 0 Å². The van der Waals surface area contributed by atoms with Crippen LogP contribution in [0, 0.1) is 5.92 Å². The van der Waals surface area contributed by atoms with Gasteiger partial charge in [-0.25, -0.2) is 9.59 Å². The van der Waals surface area contributed by atoms with Gasteiger partial charge in [0.15, 0.2) is 0 Å². The highest BCUT2D eigenvalue weighted by atomic mass is 16.4. The van der Waals surface area contributed by atoms with E-state index in [1.807, 2.05) is 0 Å². The number of urea groups is 1. The summed E-state index contributed by atoms with van der Waals surface area (Å²) in [5, 5.41) is 9.16. The van der Waals surface area contributed by atoms with Crippen molar-refractivity contribution in [3.05, 3.63) is 29.8 Å². The molecule has 0 bridgehead atoms. The minimum Gasteiger partial charge on any atom is -0.478 e. The number of hydrogen-bond donors (Lipinski definition) is 2. The third-order valence-electron chi connectivity index (χ3n) is 3.64. The Morgan fingerprint density at radius 2 is 2.00 bits per heavy atom. The molecule has 1 fully saturated rings. The van der Waals surface area contributed by atoms with Crippen molar-refractivity contribution in [3.8, 4) is 0 Å². The summed E-state index contributed by atoms with van der Waals surface area (Å²) in [6.07, 6.45) is 0.537. The fourth-order valence-electron chi connectivity index (χ4n) is 2.43. The van der Waals surface area contributed by atoms with Gasteiger partial charge in [0, 0.05) is 20.1 Å². The summed E-state index contributed by atoms with van der Waals surface area (Å²) < 4.78 is 0. The zero-order valence-electron chi connectivity index (χ0n) is 11.7. The van der Waals surface area contributed by atoms with Gasteiger partial charge in [0.05, 0.1) is 17.2 Å². The number of rotatable bonds is 3. The number of nitrogens with two attached hydrogens (primary N) is 1. The first-order valence-electron chi connectivity index (χ1n) is 6.56. The highest BCUT2D eigenvalue weighted by Gasteiger charge is 2.32. The lowest BCUT2D eigenvalue weighted by Gasteiger charge is -2.25. The Bertz CT molecular complexity index is 587. The number of anilines is 1. The van der Waals surface area contributed by atoms with Crippen LogP contribution in [0.5, 0.6) is 0 Å². The fourth-order valence-corrected chi connectivity index (χ4v) is 2.43. The van der Waals surface area contributed by atoms with Crippen LogP contribution < -0.4 is 10.6 Å². The number of carbonyl (C=O) groups is 3. The molecule has 1 aromatic rings. The van der Waals surface area contributed by atoms with E-state index in [4.69, 9.17) is 10.8 Å². The molecule has 0 spiro atoms. The van der Waals surface area contributed by atoms with Gasteiger partial charge in [-0.3, -0.25) is 9.69 Å². The summed E-state index contributed by atoms with van der Waals surface area (Å²) in [6, 6.07) is 5.94. The quantitative estimate of drug-likeness (QED) is 0.857. The largest absolute Gasteiger partial charge is 0.478 e. The van der Waals surface area contributed by atoms with Gasteiger partial charge in [-0.15, -0.1) is 0 Å². The SMILES string of the molecule is CN(C(=O)N1CCC(C(N)=O)C1)c1ccccc1C(=O)O. The van der Waals surface area contributed by atoms with Gasteiger partial charge in [0.25, 0.3) is 0 Å². The van der Waals surface area contributed by atoms with Gasteiger partial charge in [-0.1, -0.05) is 12.1 Å². The lowest BCUT2D eigenvalue weighted by Crippen LogP contribution is -2.41. The maximum Gasteiger partial charge on any atom is 0.337 e. The molecule has 3 amide bonds. The molecule has 0 saturated carbocycles. The average molecular weight is 291 g/mol. The number of likely N-dealkylation sites (tertiary alicyclic amines) is 1. The molecule has 2 rings (SSSR count). The maximum atomic E-state index is 12.4. The van der Waals surface area contributed by atoms with Crippen molar-refractivity contribution in [2.75, 3.05) is 25.0 Å². The molecule has 0 radical (unpaired) electrons. The van der Waals surface area contributed by atoms with E-state index < -0.39 is 11.9 Å². The Labute approximate surface area is 121 Å². The van der Waals surface area contributed by atoms with Gasteiger partial charge < -0.3 is 15.7 Å². The second-order valence-corrected chi connectivity index (χ2v) is 5.00. The lowest BCUT2D eigenvalue weighted by molar-refractivity contribution is -0.121. The van der Waals surface area contributed by atoms with E-state index in [0.29, 0.717) is 18.7 Å². The smallest absolute Gasteiger partial charge is 0.337 e. The van der Waals surface area contributed by atoms with Crippen molar-refractivity contribution >= 4 is 23.6 Å². The number of hydrogen-bond acceptors (Lipinski definition) is 3. The van der Waals surface area contributed by atoms with Crippen molar-refractivity contribution < 1.29 is 19.5 Å². The first kappa shape index (κ1) is 14.8. The summed E-state index contributed by atoms with van der Waals surface area (Å²) in [4.78, 5) is 37.5. The van der Waals surface area contributed by atoms with E-state index in [2.05, 4.69) is 0 Å². The molecular weight excluding hydrogens is 274 g/mol. The maximum absolute atomic E-state index is 12.4. The van der Waals surface area contributed by atoms with Crippen LogP contribution in [0.2, 0.25) is 0 Å². The Morgan fingerprint density at radius 1 is 1.33 bits per heavy atom. The third-order valence-corrected chi connectivity index (χ3v) is 3.64. The monoisotopic (exact) mass is 291 g/mol. The first-order valence-corrected chi connectivity index (χ1v) is 6.56. The molecule has 1 saturated heterocycles. The summed E-state index contributed by atoms with van der Waals surface area (Å²) in [5.74, 6) is -1.85. The van der Waals surface area contributed by atoms with Gasteiger partial charge >= 0.3 is 12.0 Å². The number of para-hydroxylation sites is 1. The number of primary amides is 1. The number of amides is 3. The van der Waals surface area contributed by atoms with E-state index in [-0.39, 0.29) is 24.1 Å². The molecule has 112 valence electrons. The van der Waals surface area contributed by atoms with Crippen LogP contribution in [0.1, 0.15) is 16.8 Å². The molecule has 1 atom stereocenters. The number of carbonyl (C=O) groups excluding carboxylic acids is 2. The molecule has 0 aromatic heterocycles. The number of carboxylic acid groups (broad SMARTS) is 1. The molecule has 3 N–H and O–H groups in total. The predicted molar refractivity (Wildman–Crippen MR) is 76.1 cm³/mol. The number of aromatic carboxylic acids is 1. The zero-order chi connectivity index (χ0) is 15.6. The average Bonchev–Trinajstić information content (AvgIpc) is 2.95. The highest BCUT2D eigenvalue weighted by Crippen LogP contribution is 2.23. The normalized spacial score (nSPS) is 17.6. The molecular formula is C14H17N3O4. The van der Waals surface area contributed by atoms with Gasteiger partial charge in [-0.05, 0) is 18.6 Å². The molecule has 21 heavy (non-hydrogen) atoms. The minimum atomic E-state index is -1.10. The molecule has 1 aliphatic heterocycles. The summed E-state index contributed by atoms with van der Waals surface area (Å²) in [6.45, 7) is 0.708. The van der Waals surface area contributed by atoms with E-state index in [1.165, 1.54) is 22.9 Å². The van der Waals surface area contributed by atoms with E-state index in [9.17, 15) is 14.4 Å². The second-order valence-electron chi connectivity index (χ2n) is 5.00. The topological polar surface area (TPSA) is 104 Å².